The van der Waals surface area contributed by atoms with Crippen LogP contribution in [0.25, 0.3) is 10.7 Å². The van der Waals surface area contributed by atoms with Gasteiger partial charge in [-0.15, -0.1) is 11.3 Å². The Bertz CT molecular complexity index is 670. The molecule has 3 aromatic rings. The summed E-state index contributed by atoms with van der Waals surface area (Å²) in [5, 5.41) is 9.33. The van der Waals surface area contributed by atoms with Crippen molar-refractivity contribution >= 4 is 17.0 Å². The zero-order chi connectivity index (χ0) is 13.9. The summed E-state index contributed by atoms with van der Waals surface area (Å²) in [6.45, 7) is 2.18. The van der Waals surface area contributed by atoms with E-state index in [2.05, 4.69) is 34.2 Å². The van der Waals surface area contributed by atoms with Crippen molar-refractivity contribution in [1.82, 2.24) is 15.2 Å². The maximum atomic E-state index is 5.71. The van der Waals surface area contributed by atoms with Crippen molar-refractivity contribution in [2.24, 2.45) is 0 Å². The van der Waals surface area contributed by atoms with Gasteiger partial charge in [-0.3, -0.25) is 5.10 Å². The van der Waals surface area contributed by atoms with Crippen LogP contribution < -0.4 is 5.73 Å². The molecular formula is C15H16N4S. The van der Waals surface area contributed by atoms with Crippen LogP contribution in [0.4, 0.5) is 5.69 Å². The van der Waals surface area contributed by atoms with Gasteiger partial charge in [-0.2, -0.15) is 5.10 Å². The molecule has 0 amide bonds. The maximum absolute atomic E-state index is 5.71. The van der Waals surface area contributed by atoms with Gasteiger partial charge in [0.05, 0.1) is 4.88 Å². The number of hydrogen-bond donors (Lipinski definition) is 2. The van der Waals surface area contributed by atoms with Gasteiger partial charge >= 0.3 is 0 Å². The highest BCUT2D eigenvalue weighted by atomic mass is 32.1. The second kappa shape index (κ2) is 5.46. The highest BCUT2D eigenvalue weighted by Crippen LogP contribution is 2.23. The fourth-order valence-corrected chi connectivity index (χ4v) is 2.79. The molecule has 1 aromatic carbocycles. The number of nitrogen functional groups attached to an aromatic ring is 1. The van der Waals surface area contributed by atoms with E-state index < -0.39 is 0 Å². The first-order valence-electron chi connectivity index (χ1n) is 6.53. The number of H-pyrrole nitrogens is 1. The van der Waals surface area contributed by atoms with E-state index in [0.717, 1.165) is 28.6 Å². The van der Waals surface area contributed by atoms with E-state index in [1.165, 1.54) is 5.56 Å². The van der Waals surface area contributed by atoms with E-state index in [0.29, 0.717) is 5.92 Å². The van der Waals surface area contributed by atoms with E-state index in [9.17, 15) is 0 Å². The van der Waals surface area contributed by atoms with Crippen LogP contribution in [0.5, 0.6) is 0 Å². The van der Waals surface area contributed by atoms with Crippen LogP contribution in [0.15, 0.2) is 41.8 Å². The SMILES string of the molecule is CC(Cc1nc(-c2cccs2)n[nH]1)c1ccc(N)cc1. The Morgan fingerprint density at radius 1 is 1.25 bits per heavy atom. The van der Waals surface area contributed by atoms with Crippen LogP contribution in [0.1, 0.15) is 24.2 Å². The van der Waals surface area contributed by atoms with E-state index >= 15 is 0 Å². The molecule has 2 aromatic heterocycles. The molecule has 20 heavy (non-hydrogen) atoms. The molecule has 3 rings (SSSR count). The molecule has 2 heterocycles. The molecule has 0 aliphatic rings. The first-order chi connectivity index (χ1) is 9.72. The second-order valence-electron chi connectivity index (χ2n) is 4.85. The summed E-state index contributed by atoms with van der Waals surface area (Å²) in [5.74, 6) is 2.07. The van der Waals surface area contributed by atoms with Gasteiger partial charge in [0, 0.05) is 12.1 Å². The lowest BCUT2D eigenvalue weighted by Gasteiger charge is -2.09. The Kier molecular flexibility index (Phi) is 3.52. The Balaban J connectivity index is 1.73. The molecule has 0 saturated carbocycles. The number of aromatic nitrogens is 3. The van der Waals surface area contributed by atoms with E-state index in [4.69, 9.17) is 5.73 Å². The topological polar surface area (TPSA) is 67.6 Å². The smallest absolute Gasteiger partial charge is 0.191 e. The first-order valence-corrected chi connectivity index (χ1v) is 7.41. The number of hydrogen-bond acceptors (Lipinski definition) is 4. The van der Waals surface area contributed by atoms with Crippen molar-refractivity contribution in [2.75, 3.05) is 5.73 Å². The van der Waals surface area contributed by atoms with Crippen molar-refractivity contribution in [3.8, 4) is 10.7 Å². The standard InChI is InChI=1S/C15H16N4S/c1-10(11-4-6-12(16)7-5-11)9-14-17-15(19-18-14)13-3-2-8-20-13/h2-8,10H,9,16H2,1H3,(H,17,18,19). The molecule has 0 radical (unpaired) electrons. The molecule has 5 heteroatoms. The molecule has 1 atom stereocenters. The predicted octanol–water partition coefficient (Wildman–Crippen LogP) is 3.46. The zero-order valence-electron chi connectivity index (χ0n) is 11.2. The summed E-state index contributed by atoms with van der Waals surface area (Å²) < 4.78 is 0. The quantitative estimate of drug-likeness (QED) is 0.721. The number of nitrogens with zero attached hydrogens (tertiary/aromatic N) is 2. The lowest BCUT2D eigenvalue weighted by atomic mass is 9.97. The Morgan fingerprint density at radius 2 is 2.05 bits per heavy atom. The van der Waals surface area contributed by atoms with Crippen molar-refractivity contribution in [3.05, 3.63) is 53.2 Å². The zero-order valence-corrected chi connectivity index (χ0v) is 12.0. The summed E-state index contributed by atoms with van der Waals surface area (Å²) in [5.41, 5.74) is 7.76. The summed E-state index contributed by atoms with van der Waals surface area (Å²) in [7, 11) is 0. The lowest BCUT2D eigenvalue weighted by molar-refractivity contribution is 0.721. The summed E-state index contributed by atoms with van der Waals surface area (Å²) in [6, 6.07) is 12.0. The van der Waals surface area contributed by atoms with Crippen molar-refractivity contribution in [2.45, 2.75) is 19.3 Å². The minimum Gasteiger partial charge on any atom is -0.399 e. The number of thiophene rings is 1. The molecule has 1 unspecified atom stereocenters. The number of rotatable bonds is 4. The van der Waals surface area contributed by atoms with Crippen LogP contribution in [0.3, 0.4) is 0 Å². The fourth-order valence-electron chi connectivity index (χ4n) is 2.14. The second-order valence-corrected chi connectivity index (χ2v) is 5.80. The van der Waals surface area contributed by atoms with Crippen LogP contribution in [-0.4, -0.2) is 15.2 Å². The number of nitrogens with one attached hydrogen (secondary N) is 1. The molecule has 0 saturated heterocycles. The van der Waals surface area contributed by atoms with Gasteiger partial charge in [-0.05, 0) is 35.1 Å². The van der Waals surface area contributed by atoms with Gasteiger partial charge in [0.15, 0.2) is 5.82 Å². The van der Waals surface area contributed by atoms with Gasteiger partial charge < -0.3 is 5.73 Å². The molecule has 0 fully saturated rings. The van der Waals surface area contributed by atoms with Crippen LogP contribution in [-0.2, 0) is 6.42 Å². The van der Waals surface area contributed by atoms with E-state index in [1.807, 2.05) is 29.6 Å². The van der Waals surface area contributed by atoms with E-state index in [-0.39, 0.29) is 0 Å². The fraction of sp³-hybridized carbons (Fsp3) is 0.200. The van der Waals surface area contributed by atoms with E-state index in [1.54, 1.807) is 11.3 Å². The first kappa shape index (κ1) is 12.9. The number of anilines is 1. The van der Waals surface area contributed by atoms with Gasteiger partial charge in [0.2, 0.25) is 0 Å². The Hall–Kier alpha value is -2.14. The monoisotopic (exact) mass is 284 g/mol. The molecule has 3 N–H and O–H groups in total. The summed E-state index contributed by atoms with van der Waals surface area (Å²) >= 11 is 1.65. The van der Waals surface area contributed by atoms with Crippen LogP contribution in [0, 0.1) is 0 Å². The van der Waals surface area contributed by atoms with Crippen LogP contribution >= 0.6 is 11.3 Å². The lowest BCUT2D eigenvalue weighted by Crippen LogP contribution is -2.00. The minimum absolute atomic E-state index is 0.375. The summed E-state index contributed by atoms with van der Waals surface area (Å²) in [6.07, 6.45) is 0.836. The number of benzene rings is 1. The third-order valence-corrected chi connectivity index (χ3v) is 4.14. The Morgan fingerprint density at radius 3 is 2.75 bits per heavy atom. The molecule has 0 aliphatic carbocycles. The molecule has 4 nitrogen and oxygen atoms in total. The maximum Gasteiger partial charge on any atom is 0.191 e. The summed E-state index contributed by atoms with van der Waals surface area (Å²) in [4.78, 5) is 5.65. The molecule has 0 aliphatic heterocycles. The number of nitrogens with two attached hydrogens (primary N) is 1. The predicted molar refractivity (Wildman–Crippen MR) is 82.7 cm³/mol. The third kappa shape index (κ3) is 2.72. The Labute approximate surface area is 121 Å². The van der Waals surface area contributed by atoms with Gasteiger partial charge in [-0.25, -0.2) is 4.98 Å². The van der Waals surface area contributed by atoms with Gasteiger partial charge in [0.25, 0.3) is 0 Å². The van der Waals surface area contributed by atoms with Crippen molar-refractivity contribution in [3.63, 3.8) is 0 Å². The molecule has 0 bridgehead atoms. The average Bonchev–Trinajstić information content (AvgIpc) is 3.09. The van der Waals surface area contributed by atoms with Crippen molar-refractivity contribution in [1.29, 1.82) is 0 Å². The highest BCUT2D eigenvalue weighted by Gasteiger charge is 2.11. The highest BCUT2D eigenvalue weighted by molar-refractivity contribution is 7.13. The largest absolute Gasteiger partial charge is 0.399 e. The average molecular weight is 284 g/mol. The minimum atomic E-state index is 0.375. The molecule has 0 spiro atoms. The third-order valence-electron chi connectivity index (χ3n) is 3.28. The molecule has 102 valence electrons. The normalized spacial score (nSPS) is 12.4. The molecular weight excluding hydrogens is 268 g/mol. The van der Waals surface area contributed by atoms with Gasteiger partial charge in [0.1, 0.15) is 5.82 Å². The number of aromatic amines is 1. The van der Waals surface area contributed by atoms with Crippen LogP contribution in [0.2, 0.25) is 0 Å². The van der Waals surface area contributed by atoms with Crippen molar-refractivity contribution < 1.29 is 0 Å². The van der Waals surface area contributed by atoms with Gasteiger partial charge in [-0.1, -0.05) is 25.1 Å².